The summed E-state index contributed by atoms with van der Waals surface area (Å²) < 4.78 is 12.1. The maximum atomic E-state index is 11.0. The number of benzene rings is 2. The van der Waals surface area contributed by atoms with Gasteiger partial charge in [-0.05, 0) is 35.8 Å². The lowest BCUT2D eigenvalue weighted by Gasteiger charge is -2.32. The van der Waals surface area contributed by atoms with Gasteiger partial charge in [0.25, 0.3) is 0 Å². The Morgan fingerprint density at radius 3 is 1.46 bits per heavy atom. The smallest absolute Gasteiger partial charge is 0.415 e. The topological polar surface area (TPSA) is 38.7 Å². The SMILES string of the molecule is Cc1cc2c(c(C(C)(C)C)c1)OP(O)(=S)Oc1c(cc(C)cc1C(C)(C)C)C2. The Balaban J connectivity index is 2.33. The summed E-state index contributed by atoms with van der Waals surface area (Å²) >= 11 is 5.45. The Bertz CT molecular complexity index is 905. The third-order valence-electron chi connectivity index (χ3n) is 5.03. The van der Waals surface area contributed by atoms with E-state index in [4.69, 9.17) is 20.9 Å². The number of hydrogen-bond acceptors (Lipinski definition) is 3. The summed E-state index contributed by atoms with van der Waals surface area (Å²) in [5.41, 5.74) is 6.23. The molecule has 0 saturated carbocycles. The molecule has 0 unspecified atom stereocenters. The summed E-state index contributed by atoms with van der Waals surface area (Å²) in [6, 6.07) is 8.50. The van der Waals surface area contributed by atoms with Crippen molar-refractivity contribution < 1.29 is 13.9 Å². The van der Waals surface area contributed by atoms with Gasteiger partial charge in [0, 0.05) is 29.4 Å². The molecule has 1 aliphatic heterocycles. The van der Waals surface area contributed by atoms with Crippen molar-refractivity contribution in [3.8, 4) is 11.5 Å². The van der Waals surface area contributed by atoms with Crippen molar-refractivity contribution >= 4 is 18.5 Å². The summed E-state index contributed by atoms with van der Waals surface area (Å²) in [5.74, 6) is 1.35. The fourth-order valence-corrected chi connectivity index (χ4v) is 5.12. The van der Waals surface area contributed by atoms with Crippen molar-refractivity contribution in [1.82, 2.24) is 0 Å². The van der Waals surface area contributed by atoms with Crippen LogP contribution in [0.5, 0.6) is 11.5 Å². The Labute approximate surface area is 174 Å². The standard InChI is InChI=1S/C23H31O3PS/c1-14-9-16-13-17-10-15(2)12-19(23(6,7)8)21(17)26-27(24,28)25-20(16)18(11-14)22(3,4)5/h9-12H,13H2,1-8H3,(H,24,28). The first kappa shape index (κ1) is 21.4. The van der Waals surface area contributed by atoms with Gasteiger partial charge < -0.3 is 13.9 Å². The van der Waals surface area contributed by atoms with Crippen LogP contribution in [0.25, 0.3) is 0 Å². The molecule has 0 saturated heterocycles. The Kier molecular flexibility index (Phi) is 5.24. The van der Waals surface area contributed by atoms with Gasteiger partial charge in [-0.25, -0.2) is 0 Å². The molecule has 0 fully saturated rings. The number of aryl methyl sites for hydroxylation is 2. The number of hydrogen-bond donors (Lipinski definition) is 1. The molecule has 3 nitrogen and oxygen atoms in total. The summed E-state index contributed by atoms with van der Waals surface area (Å²) in [5, 5.41) is 0. The second kappa shape index (κ2) is 6.86. The van der Waals surface area contributed by atoms with E-state index in [0.717, 1.165) is 22.3 Å². The van der Waals surface area contributed by atoms with Gasteiger partial charge in [-0.1, -0.05) is 76.9 Å². The molecule has 152 valence electrons. The van der Waals surface area contributed by atoms with Crippen LogP contribution in [0, 0.1) is 13.8 Å². The van der Waals surface area contributed by atoms with Crippen LogP contribution in [0.4, 0.5) is 0 Å². The predicted molar refractivity (Wildman–Crippen MR) is 120 cm³/mol. The van der Waals surface area contributed by atoms with E-state index in [0.29, 0.717) is 17.9 Å². The van der Waals surface area contributed by atoms with Gasteiger partial charge in [0.2, 0.25) is 0 Å². The van der Waals surface area contributed by atoms with Crippen molar-refractivity contribution in [3.63, 3.8) is 0 Å². The second-order valence-corrected chi connectivity index (χ2v) is 12.6. The summed E-state index contributed by atoms with van der Waals surface area (Å²) in [6.07, 6.45) is 0.676. The molecule has 1 heterocycles. The van der Waals surface area contributed by atoms with Gasteiger partial charge in [0.05, 0.1) is 0 Å². The van der Waals surface area contributed by atoms with Crippen LogP contribution in [0.15, 0.2) is 24.3 Å². The predicted octanol–water partition coefficient (Wildman–Crippen LogP) is 6.48. The van der Waals surface area contributed by atoms with Crippen molar-refractivity contribution in [2.45, 2.75) is 72.6 Å². The highest BCUT2D eigenvalue weighted by Gasteiger charge is 2.33. The molecule has 0 amide bonds. The minimum Gasteiger partial charge on any atom is -0.415 e. The van der Waals surface area contributed by atoms with E-state index in [1.54, 1.807) is 0 Å². The zero-order valence-electron chi connectivity index (χ0n) is 18.1. The molecule has 0 radical (unpaired) electrons. The maximum absolute atomic E-state index is 11.0. The first-order chi connectivity index (χ1) is 12.7. The summed E-state index contributed by atoms with van der Waals surface area (Å²) in [7, 11) is 0. The largest absolute Gasteiger partial charge is 0.432 e. The molecule has 0 aromatic heterocycles. The highest BCUT2D eigenvalue weighted by atomic mass is 32.5. The molecular weight excluding hydrogens is 387 g/mol. The Morgan fingerprint density at radius 2 is 1.14 bits per heavy atom. The van der Waals surface area contributed by atoms with Gasteiger partial charge in [-0.2, -0.15) is 0 Å². The normalized spacial score (nSPS) is 16.2. The highest BCUT2D eigenvalue weighted by Crippen LogP contribution is 2.53. The molecule has 1 aliphatic rings. The van der Waals surface area contributed by atoms with E-state index in [2.05, 4.69) is 79.7 Å². The molecule has 28 heavy (non-hydrogen) atoms. The molecule has 0 bridgehead atoms. The van der Waals surface area contributed by atoms with Gasteiger partial charge in [0.1, 0.15) is 11.5 Å². The monoisotopic (exact) mass is 418 g/mol. The lowest BCUT2D eigenvalue weighted by molar-refractivity contribution is 0.360. The third kappa shape index (κ3) is 4.30. The van der Waals surface area contributed by atoms with Gasteiger partial charge >= 0.3 is 6.72 Å². The number of fused-ring (bicyclic) bond motifs is 2. The van der Waals surface area contributed by atoms with E-state index >= 15 is 0 Å². The first-order valence-electron chi connectivity index (χ1n) is 9.67. The lowest BCUT2D eigenvalue weighted by atomic mass is 9.81. The Morgan fingerprint density at radius 1 is 0.786 bits per heavy atom. The quantitative estimate of drug-likeness (QED) is 0.497. The maximum Gasteiger partial charge on any atom is 0.432 e. The van der Waals surface area contributed by atoms with Gasteiger partial charge in [-0.15, -0.1) is 0 Å². The summed E-state index contributed by atoms with van der Waals surface area (Å²) in [6.45, 7) is 13.5. The fraction of sp³-hybridized carbons (Fsp3) is 0.478. The zero-order valence-corrected chi connectivity index (χ0v) is 19.8. The van der Waals surface area contributed by atoms with Crippen LogP contribution >= 0.6 is 6.72 Å². The van der Waals surface area contributed by atoms with Crippen LogP contribution in [0.3, 0.4) is 0 Å². The van der Waals surface area contributed by atoms with E-state index < -0.39 is 6.72 Å². The molecular formula is C23H31O3PS. The van der Waals surface area contributed by atoms with Crippen molar-refractivity contribution in [2.75, 3.05) is 0 Å². The molecule has 0 atom stereocenters. The van der Waals surface area contributed by atoms with Crippen LogP contribution in [0.1, 0.15) is 74.9 Å². The second-order valence-electron chi connectivity index (χ2n) is 9.93. The molecule has 2 aromatic carbocycles. The zero-order chi connectivity index (χ0) is 21.1. The van der Waals surface area contributed by atoms with Crippen LogP contribution in [0.2, 0.25) is 0 Å². The van der Waals surface area contributed by atoms with Crippen LogP contribution in [-0.4, -0.2) is 4.89 Å². The molecule has 5 heteroatoms. The minimum atomic E-state index is -3.51. The Hall–Kier alpha value is -1.35. The van der Waals surface area contributed by atoms with Crippen molar-refractivity contribution in [2.24, 2.45) is 0 Å². The average Bonchev–Trinajstić information content (AvgIpc) is 2.48. The third-order valence-corrected chi connectivity index (χ3v) is 6.30. The van der Waals surface area contributed by atoms with Gasteiger partial charge in [0.15, 0.2) is 0 Å². The van der Waals surface area contributed by atoms with Gasteiger partial charge in [-0.3, -0.25) is 0 Å². The van der Waals surface area contributed by atoms with Crippen LogP contribution in [-0.2, 0) is 29.1 Å². The fourth-order valence-electron chi connectivity index (χ4n) is 3.74. The molecule has 0 aliphatic carbocycles. The average molecular weight is 419 g/mol. The van der Waals surface area contributed by atoms with E-state index in [1.807, 2.05) is 0 Å². The van der Waals surface area contributed by atoms with Crippen molar-refractivity contribution in [1.29, 1.82) is 0 Å². The lowest BCUT2D eigenvalue weighted by Crippen LogP contribution is -2.19. The minimum absolute atomic E-state index is 0.142. The molecule has 1 N–H and O–H groups in total. The summed E-state index contributed by atoms with van der Waals surface area (Å²) in [4.78, 5) is 11.0. The number of rotatable bonds is 0. The van der Waals surface area contributed by atoms with E-state index in [1.165, 1.54) is 11.1 Å². The highest BCUT2D eigenvalue weighted by molar-refractivity contribution is 8.07. The van der Waals surface area contributed by atoms with E-state index in [9.17, 15) is 4.89 Å². The molecule has 0 spiro atoms. The molecule has 3 rings (SSSR count). The van der Waals surface area contributed by atoms with E-state index in [-0.39, 0.29) is 10.8 Å². The first-order valence-corrected chi connectivity index (χ1v) is 12.3. The van der Waals surface area contributed by atoms with Crippen molar-refractivity contribution in [3.05, 3.63) is 57.6 Å². The molecule has 2 aromatic rings. The van der Waals surface area contributed by atoms with Crippen LogP contribution < -0.4 is 9.05 Å².